The fourth-order valence-electron chi connectivity index (χ4n) is 5.27. The number of ether oxygens (including phenoxy) is 1. The molecule has 1 aromatic rings. The molecular formula is C18H27NO2. The van der Waals surface area contributed by atoms with E-state index in [1.807, 2.05) is 12.1 Å². The van der Waals surface area contributed by atoms with Gasteiger partial charge in [-0.3, -0.25) is 0 Å². The minimum Gasteiger partial charge on any atom is -0.467 e. The van der Waals surface area contributed by atoms with Crippen molar-refractivity contribution in [2.75, 3.05) is 13.2 Å². The Morgan fingerprint density at radius 1 is 1.10 bits per heavy atom. The number of furan rings is 1. The molecule has 1 N–H and O–H groups in total. The molecule has 0 spiro atoms. The molecule has 1 aromatic heterocycles. The monoisotopic (exact) mass is 289 g/mol. The van der Waals surface area contributed by atoms with Gasteiger partial charge in [0.25, 0.3) is 0 Å². The van der Waals surface area contributed by atoms with Crippen molar-refractivity contribution in [2.45, 2.75) is 51.2 Å². The first-order valence-electron chi connectivity index (χ1n) is 8.72. The number of nitrogens with one attached hydrogen (secondary N) is 1. The summed E-state index contributed by atoms with van der Waals surface area (Å²) in [6.07, 6.45) is 10.3. The van der Waals surface area contributed by atoms with Crippen molar-refractivity contribution in [3.8, 4) is 0 Å². The maximum atomic E-state index is 5.65. The molecule has 116 valence electrons. The van der Waals surface area contributed by atoms with Gasteiger partial charge >= 0.3 is 0 Å². The minimum absolute atomic E-state index is 0.602. The molecule has 4 fully saturated rings. The van der Waals surface area contributed by atoms with E-state index in [-0.39, 0.29) is 0 Å². The lowest BCUT2D eigenvalue weighted by atomic mass is 9.54. The summed E-state index contributed by atoms with van der Waals surface area (Å²) in [6.45, 7) is 2.52. The van der Waals surface area contributed by atoms with Gasteiger partial charge in [-0.2, -0.15) is 0 Å². The second-order valence-corrected chi connectivity index (χ2v) is 7.40. The van der Waals surface area contributed by atoms with E-state index in [9.17, 15) is 0 Å². The Balaban J connectivity index is 1.15. The molecule has 0 atom stereocenters. The van der Waals surface area contributed by atoms with Gasteiger partial charge in [-0.1, -0.05) is 0 Å². The van der Waals surface area contributed by atoms with Gasteiger partial charge in [0.15, 0.2) is 0 Å². The maximum Gasteiger partial charge on any atom is 0.129 e. The standard InChI is InChI=1S/C18H27NO2/c1-3-17(21-6-1)12-20-5-2-4-19-18-15-8-13-7-14(10-15)11-16(18)9-13/h1,3,6,13-16,18-19H,2,4-5,7-12H2. The zero-order valence-electron chi connectivity index (χ0n) is 12.8. The zero-order chi connectivity index (χ0) is 14.1. The lowest BCUT2D eigenvalue weighted by molar-refractivity contribution is -0.0143. The van der Waals surface area contributed by atoms with Crippen LogP contribution in [-0.4, -0.2) is 19.2 Å². The number of hydrogen-bond donors (Lipinski definition) is 1. The molecule has 4 saturated carbocycles. The van der Waals surface area contributed by atoms with Crippen molar-refractivity contribution in [1.29, 1.82) is 0 Å². The van der Waals surface area contributed by atoms with Gasteiger partial charge < -0.3 is 14.5 Å². The quantitative estimate of drug-likeness (QED) is 0.779. The van der Waals surface area contributed by atoms with E-state index in [1.165, 1.54) is 25.7 Å². The summed E-state index contributed by atoms with van der Waals surface area (Å²) in [5.74, 6) is 5.02. The second-order valence-electron chi connectivity index (χ2n) is 7.40. The average molecular weight is 289 g/mol. The number of rotatable bonds is 7. The molecule has 4 bridgehead atoms. The summed E-state index contributed by atoms with van der Waals surface area (Å²) in [4.78, 5) is 0. The summed E-state index contributed by atoms with van der Waals surface area (Å²) in [5, 5.41) is 3.85. The van der Waals surface area contributed by atoms with E-state index >= 15 is 0 Å². The number of hydrogen-bond acceptors (Lipinski definition) is 3. The molecule has 0 aliphatic heterocycles. The molecule has 0 unspecified atom stereocenters. The first-order chi connectivity index (χ1) is 10.4. The highest BCUT2D eigenvalue weighted by Crippen LogP contribution is 2.53. The van der Waals surface area contributed by atoms with Crippen LogP contribution in [-0.2, 0) is 11.3 Å². The van der Waals surface area contributed by atoms with Gasteiger partial charge in [-0.25, -0.2) is 0 Å². The zero-order valence-corrected chi connectivity index (χ0v) is 12.8. The summed E-state index contributed by atoms with van der Waals surface area (Å²) in [7, 11) is 0. The smallest absolute Gasteiger partial charge is 0.129 e. The van der Waals surface area contributed by atoms with Gasteiger partial charge in [-0.05, 0) is 80.9 Å². The SMILES string of the molecule is c1coc(COCCCNC2C3CC4CC(C3)CC2C4)c1. The average Bonchev–Trinajstić information content (AvgIpc) is 2.97. The van der Waals surface area contributed by atoms with Crippen LogP contribution in [0.3, 0.4) is 0 Å². The predicted molar refractivity (Wildman–Crippen MR) is 81.8 cm³/mol. The molecule has 5 rings (SSSR count). The van der Waals surface area contributed by atoms with Crippen LogP contribution in [0.25, 0.3) is 0 Å². The van der Waals surface area contributed by atoms with Gasteiger partial charge in [0, 0.05) is 12.6 Å². The molecule has 0 radical (unpaired) electrons. The van der Waals surface area contributed by atoms with Crippen molar-refractivity contribution < 1.29 is 9.15 Å². The third-order valence-corrected chi connectivity index (χ3v) is 5.90. The Labute approximate surface area is 127 Å². The molecule has 0 saturated heterocycles. The Kier molecular flexibility index (Phi) is 4.04. The van der Waals surface area contributed by atoms with E-state index in [2.05, 4.69) is 5.32 Å². The van der Waals surface area contributed by atoms with Crippen LogP contribution in [0.4, 0.5) is 0 Å². The first kappa shape index (κ1) is 13.8. The topological polar surface area (TPSA) is 34.4 Å². The summed E-state index contributed by atoms with van der Waals surface area (Å²) >= 11 is 0. The van der Waals surface area contributed by atoms with Crippen LogP contribution >= 0.6 is 0 Å². The van der Waals surface area contributed by atoms with Crippen molar-refractivity contribution in [3.05, 3.63) is 24.2 Å². The Hall–Kier alpha value is -0.800. The van der Waals surface area contributed by atoms with Crippen molar-refractivity contribution in [2.24, 2.45) is 23.7 Å². The molecule has 3 heteroatoms. The molecule has 4 aliphatic carbocycles. The molecule has 0 aromatic carbocycles. The van der Waals surface area contributed by atoms with E-state index in [4.69, 9.17) is 9.15 Å². The minimum atomic E-state index is 0.602. The molecule has 0 amide bonds. The van der Waals surface area contributed by atoms with Crippen LogP contribution in [0.5, 0.6) is 0 Å². The second kappa shape index (κ2) is 6.13. The van der Waals surface area contributed by atoms with E-state index in [1.54, 1.807) is 12.7 Å². The molecule has 4 aliphatic rings. The largest absolute Gasteiger partial charge is 0.467 e. The van der Waals surface area contributed by atoms with Crippen LogP contribution < -0.4 is 5.32 Å². The Bertz CT molecular complexity index is 414. The third kappa shape index (κ3) is 3.04. The van der Waals surface area contributed by atoms with E-state index in [0.717, 1.165) is 55.0 Å². The summed E-state index contributed by atoms with van der Waals surface area (Å²) in [5.41, 5.74) is 0. The predicted octanol–water partition coefficient (Wildman–Crippen LogP) is 3.60. The molecular weight excluding hydrogens is 262 g/mol. The Morgan fingerprint density at radius 2 is 1.86 bits per heavy atom. The fourth-order valence-corrected chi connectivity index (χ4v) is 5.27. The van der Waals surface area contributed by atoms with Gasteiger partial charge in [0.2, 0.25) is 0 Å². The fraction of sp³-hybridized carbons (Fsp3) is 0.778. The highest BCUT2D eigenvalue weighted by Gasteiger charge is 2.47. The van der Waals surface area contributed by atoms with E-state index in [0.29, 0.717) is 6.61 Å². The summed E-state index contributed by atoms with van der Waals surface area (Å²) in [6, 6.07) is 4.68. The molecule has 3 nitrogen and oxygen atoms in total. The molecule has 21 heavy (non-hydrogen) atoms. The van der Waals surface area contributed by atoms with Gasteiger partial charge in [-0.15, -0.1) is 0 Å². The van der Waals surface area contributed by atoms with Crippen LogP contribution in [0.15, 0.2) is 22.8 Å². The third-order valence-electron chi connectivity index (χ3n) is 5.90. The molecule has 1 heterocycles. The lowest BCUT2D eigenvalue weighted by Crippen LogP contribution is -2.54. The Morgan fingerprint density at radius 3 is 2.52 bits per heavy atom. The summed E-state index contributed by atoms with van der Waals surface area (Å²) < 4.78 is 10.9. The lowest BCUT2D eigenvalue weighted by Gasteiger charge is -2.54. The van der Waals surface area contributed by atoms with Crippen molar-refractivity contribution >= 4 is 0 Å². The van der Waals surface area contributed by atoms with Gasteiger partial charge in [0.1, 0.15) is 12.4 Å². The first-order valence-corrected chi connectivity index (χ1v) is 8.72. The van der Waals surface area contributed by atoms with E-state index < -0.39 is 0 Å². The van der Waals surface area contributed by atoms with Gasteiger partial charge in [0.05, 0.1) is 6.26 Å². The normalized spacial score (nSPS) is 37.2. The highest BCUT2D eigenvalue weighted by atomic mass is 16.5. The highest BCUT2D eigenvalue weighted by molar-refractivity contribution is 5.01. The van der Waals surface area contributed by atoms with Crippen LogP contribution in [0, 0.1) is 23.7 Å². The van der Waals surface area contributed by atoms with Crippen molar-refractivity contribution in [1.82, 2.24) is 5.32 Å². The van der Waals surface area contributed by atoms with Crippen molar-refractivity contribution in [3.63, 3.8) is 0 Å². The maximum absolute atomic E-state index is 5.65. The van der Waals surface area contributed by atoms with Crippen LogP contribution in [0.2, 0.25) is 0 Å². The van der Waals surface area contributed by atoms with Crippen LogP contribution in [0.1, 0.15) is 44.3 Å².